The molecule has 0 aliphatic carbocycles. The van der Waals surface area contributed by atoms with Gasteiger partial charge in [0.25, 0.3) is 0 Å². The zero-order chi connectivity index (χ0) is 16.5. The fourth-order valence-electron chi connectivity index (χ4n) is 3.01. The molecule has 1 saturated heterocycles. The van der Waals surface area contributed by atoms with Crippen molar-refractivity contribution in [1.82, 2.24) is 10.2 Å². The van der Waals surface area contributed by atoms with Gasteiger partial charge in [0.1, 0.15) is 0 Å². The van der Waals surface area contributed by atoms with E-state index in [0.29, 0.717) is 0 Å². The number of likely N-dealkylation sites (tertiary alicyclic amines) is 1. The molecule has 1 aliphatic rings. The van der Waals surface area contributed by atoms with Gasteiger partial charge >= 0.3 is 6.03 Å². The maximum Gasteiger partial charge on any atom is 0.319 e. The molecule has 2 amide bonds. The molecule has 0 atom stereocenters. The number of anilines is 1. The second kappa shape index (κ2) is 9.56. The molecule has 0 unspecified atom stereocenters. The van der Waals surface area contributed by atoms with Crippen molar-refractivity contribution in [2.24, 2.45) is 5.92 Å². The van der Waals surface area contributed by atoms with Crippen LogP contribution in [-0.4, -0.2) is 37.1 Å². The van der Waals surface area contributed by atoms with Crippen molar-refractivity contribution in [1.29, 1.82) is 0 Å². The fraction of sp³-hybridized carbons (Fsp3) is 0.632. The smallest absolute Gasteiger partial charge is 0.319 e. The first-order chi connectivity index (χ1) is 11.2. The molecule has 2 rings (SSSR count). The number of urea groups is 1. The molecule has 4 nitrogen and oxygen atoms in total. The summed E-state index contributed by atoms with van der Waals surface area (Å²) >= 11 is 0. The normalized spacial score (nSPS) is 16.3. The maximum atomic E-state index is 11.9. The Morgan fingerprint density at radius 1 is 1.22 bits per heavy atom. The number of carbonyl (C=O) groups is 1. The van der Waals surface area contributed by atoms with Crippen LogP contribution in [0.15, 0.2) is 24.3 Å². The van der Waals surface area contributed by atoms with Crippen molar-refractivity contribution in [3.63, 3.8) is 0 Å². The van der Waals surface area contributed by atoms with Crippen molar-refractivity contribution in [3.8, 4) is 0 Å². The lowest BCUT2D eigenvalue weighted by Gasteiger charge is -2.30. The predicted octanol–water partition coefficient (Wildman–Crippen LogP) is 3.88. The Bertz CT molecular complexity index is 464. The highest BCUT2D eigenvalue weighted by atomic mass is 16.2. The zero-order valence-electron chi connectivity index (χ0n) is 14.6. The second-order valence-corrected chi connectivity index (χ2v) is 6.71. The average molecular weight is 317 g/mol. The first-order valence-corrected chi connectivity index (χ1v) is 9.03. The van der Waals surface area contributed by atoms with E-state index in [2.05, 4.69) is 41.5 Å². The number of carbonyl (C=O) groups excluding carboxylic acids is 1. The Hall–Kier alpha value is -1.55. The summed E-state index contributed by atoms with van der Waals surface area (Å²) in [6.07, 6.45) is 5.85. The zero-order valence-corrected chi connectivity index (χ0v) is 14.6. The Kier molecular flexibility index (Phi) is 7.40. The monoisotopic (exact) mass is 317 g/mol. The van der Waals surface area contributed by atoms with Crippen LogP contribution in [0.25, 0.3) is 0 Å². The average Bonchev–Trinajstić information content (AvgIpc) is 2.55. The molecule has 1 fully saturated rings. The van der Waals surface area contributed by atoms with Gasteiger partial charge in [0.2, 0.25) is 0 Å². The Balaban J connectivity index is 1.59. The summed E-state index contributed by atoms with van der Waals surface area (Å²) in [7, 11) is 0. The molecule has 2 N–H and O–H groups in total. The summed E-state index contributed by atoms with van der Waals surface area (Å²) in [5.74, 6) is 0.874. The number of rotatable bonds is 7. The van der Waals surface area contributed by atoms with Crippen molar-refractivity contribution in [2.75, 3.05) is 31.5 Å². The summed E-state index contributed by atoms with van der Waals surface area (Å²) in [4.78, 5) is 14.4. The van der Waals surface area contributed by atoms with Crippen LogP contribution < -0.4 is 10.6 Å². The number of piperidine rings is 1. The van der Waals surface area contributed by atoms with Gasteiger partial charge in [-0.3, -0.25) is 0 Å². The van der Waals surface area contributed by atoms with Crippen LogP contribution in [0.5, 0.6) is 0 Å². The quantitative estimate of drug-likeness (QED) is 0.750. The van der Waals surface area contributed by atoms with Gasteiger partial charge in [0, 0.05) is 12.2 Å². The van der Waals surface area contributed by atoms with Gasteiger partial charge in [-0.1, -0.05) is 32.4 Å². The van der Waals surface area contributed by atoms with E-state index in [-0.39, 0.29) is 6.03 Å². The van der Waals surface area contributed by atoms with Gasteiger partial charge in [0.05, 0.1) is 0 Å². The highest BCUT2D eigenvalue weighted by Crippen LogP contribution is 2.15. The lowest BCUT2D eigenvalue weighted by atomic mass is 9.99. The number of hydrogen-bond acceptors (Lipinski definition) is 2. The van der Waals surface area contributed by atoms with E-state index >= 15 is 0 Å². The van der Waals surface area contributed by atoms with Crippen LogP contribution in [0, 0.1) is 5.92 Å². The summed E-state index contributed by atoms with van der Waals surface area (Å²) in [6, 6.07) is 7.99. The van der Waals surface area contributed by atoms with Gasteiger partial charge in [-0.05, 0) is 68.9 Å². The molecule has 1 aromatic carbocycles. The van der Waals surface area contributed by atoms with Crippen LogP contribution in [0.4, 0.5) is 10.5 Å². The van der Waals surface area contributed by atoms with E-state index < -0.39 is 0 Å². The molecule has 0 bridgehead atoms. The van der Waals surface area contributed by atoms with Gasteiger partial charge in [-0.2, -0.15) is 0 Å². The first-order valence-electron chi connectivity index (χ1n) is 9.03. The van der Waals surface area contributed by atoms with Gasteiger partial charge in [-0.25, -0.2) is 4.79 Å². The SMILES string of the molecule is CCCc1ccc(NC(=O)NCCCN2CCC(C)CC2)cc1. The van der Waals surface area contributed by atoms with Crippen LogP contribution in [0.2, 0.25) is 0 Å². The molecule has 0 aromatic heterocycles. The third kappa shape index (κ3) is 6.61. The van der Waals surface area contributed by atoms with Crippen LogP contribution in [0.1, 0.15) is 45.1 Å². The third-order valence-electron chi connectivity index (χ3n) is 4.56. The molecular formula is C19H31N3O. The van der Waals surface area contributed by atoms with Crippen LogP contribution >= 0.6 is 0 Å². The number of hydrogen-bond donors (Lipinski definition) is 2. The molecule has 1 heterocycles. The molecule has 128 valence electrons. The third-order valence-corrected chi connectivity index (χ3v) is 4.56. The fourth-order valence-corrected chi connectivity index (χ4v) is 3.01. The van der Waals surface area contributed by atoms with E-state index in [1.165, 1.54) is 31.5 Å². The molecule has 0 spiro atoms. The largest absolute Gasteiger partial charge is 0.338 e. The van der Waals surface area contributed by atoms with Crippen LogP contribution in [-0.2, 0) is 6.42 Å². The molecule has 4 heteroatoms. The lowest BCUT2D eigenvalue weighted by molar-refractivity contribution is 0.190. The number of nitrogens with zero attached hydrogens (tertiary/aromatic N) is 1. The van der Waals surface area contributed by atoms with E-state index in [1.807, 2.05) is 12.1 Å². The molecule has 1 aliphatic heterocycles. The topological polar surface area (TPSA) is 44.4 Å². The Labute approximate surface area is 140 Å². The minimum atomic E-state index is -0.111. The van der Waals surface area contributed by atoms with Crippen molar-refractivity contribution in [2.45, 2.75) is 46.0 Å². The van der Waals surface area contributed by atoms with Crippen molar-refractivity contribution >= 4 is 11.7 Å². The van der Waals surface area contributed by atoms with Crippen molar-refractivity contribution < 1.29 is 4.79 Å². The van der Waals surface area contributed by atoms with E-state index in [0.717, 1.165) is 44.0 Å². The van der Waals surface area contributed by atoms with Gasteiger partial charge in [-0.15, -0.1) is 0 Å². The molecular weight excluding hydrogens is 286 g/mol. The van der Waals surface area contributed by atoms with Gasteiger partial charge < -0.3 is 15.5 Å². The number of aryl methyl sites for hydroxylation is 1. The summed E-state index contributed by atoms with van der Waals surface area (Å²) in [5, 5.41) is 5.83. The molecule has 23 heavy (non-hydrogen) atoms. The minimum Gasteiger partial charge on any atom is -0.338 e. The molecule has 0 radical (unpaired) electrons. The molecule has 0 saturated carbocycles. The molecule has 1 aromatic rings. The number of nitrogens with one attached hydrogen (secondary N) is 2. The number of amides is 2. The maximum absolute atomic E-state index is 11.9. The van der Waals surface area contributed by atoms with Crippen molar-refractivity contribution in [3.05, 3.63) is 29.8 Å². The minimum absolute atomic E-state index is 0.111. The lowest BCUT2D eigenvalue weighted by Crippen LogP contribution is -2.36. The summed E-state index contributed by atoms with van der Waals surface area (Å²) in [5.41, 5.74) is 2.17. The predicted molar refractivity (Wildman–Crippen MR) is 96.9 cm³/mol. The summed E-state index contributed by atoms with van der Waals surface area (Å²) in [6.45, 7) is 8.72. The standard InChI is InChI=1S/C19H31N3O/c1-3-5-17-6-8-18(9-7-17)21-19(23)20-12-4-13-22-14-10-16(2)11-15-22/h6-9,16H,3-5,10-15H2,1-2H3,(H2,20,21,23). The van der Waals surface area contributed by atoms with E-state index in [1.54, 1.807) is 0 Å². The van der Waals surface area contributed by atoms with Crippen LogP contribution in [0.3, 0.4) is 0 Å². The Morgan fingerprint density at radius 3 is 2.57 bits per heavy atom. The Morgan fingerprint density at radius 2 is 1.91 bits per heavy atom. The highest BCUT2D eigenvalue weighted by molar-refractivity contribution is 5.89. The number of benzene rings is 1. The highest BCUT2D eigenvalue weighted by Gasteiger charge is 2.14. The van der Waals surface area contributed by atoms with E-state index in [9.17, 15) is 4.79 Å². The summed E-state index contributed by atoms with van der Waals surface area (Å²) < 4.78 is 0. The second-order valence-electron chi connectivity index (χ2n) is 6.71. The van der Waals surface area contributed by atoms with E-state index in [4.69, 9.17) is 0 Å². The first kappa shape index (κ1) is 17.8. The van der Waals surface area contributed by atoms with Gasteiger partial charge in [0.15, 0.2) is 0 Å².